The molecule has 1 saturated heterocycles. The molecular weight excluding hydrogens is 280 g/mol. The van der Waals surface area contributed by atoms with Crippen LogP contribution in [0.15, 0.2) is 24.3 Å². The van der Waals surface area contributed by atoms with Gasteiger partial charge in [0.25, 0.3) is 0 Å². The Morgan fingerprint density at radius 3 is 2.45 bits per heavy atom. The van der Waals surface area contributed by atoms with Crippen LogP contribution in [0.4, 0.5) is 4.79 Å². The molecule has 1 fully saturated rings. The van der Waals surface area contributed by atoms with E-state index in [4.69, 9.17) is 0 Å². The summed E-state index contributed by atoms with van der Waals surface area (Å²) in [4.78, 5) is 27.3. The molecule has 1 aromatic carbocycles. The summed E-state index contributed by atoms with van der Waals surface area (Å²) in [5, 5.41) is 9.46. The third-order valence-electron chi connectivity index (χ3n) is 4.72. The summed E-state index contributed by atoms with van der Waals surface area (Å²) in [6.45, 7) is 2.01. The zero-order valence-corrected chi connectivity index (χ0v) is 12.7. The van der Waals surface area contributed by atoms with Crippen molar-refractivity contribution >= 4 is 12.0 Å². The van der Waals surface area contributed by atoms with Gasteiger partial charge in [0, 0.05) is 32.1 Å². The Hall–Kier alpha value is -2.04. The second-order valence-corrected chi connectivity index (χ2v) is 6.18. The molecule has 22 heavy (non-hydrogen) atoms. The zero-order chi connectivity index (χ0) is 15.5. The molecule has 118 valence electrons. The Labute approximate surface area is 130 Å². The van der Waals surface area contributed by atoms with Gasteiger partial charge < -0.3 is 14.9 Å². The van der Waals surface area contributed by atoms with Crippen molar-refractivity contribution in [1.82, 2.24) is 9.80 Å². The number of likely N-dealkylation sites (tertiary alicyclic amines) is 1. The van der Waals surface area contributed by atoms with Crippen molar-refractivity contribution in [2.45, 2.75) is 44.7 Å². The van der Waals surface area contributed by atoms with E-state index in [1.165, 1.54) is 11.3 Å². The summed E-state index contributed by atoms with van der Waals surface area (Å²) in [6.07, 6.45) is 3.28. The molecule has 2 aliphatic heterocycles. The molecule has 3 rings (SSSR count). The quantitative estimate of drug-likeness (QED) is 0.913. The number of hydrogen-bond donors (Lipinski definition) is 1. The first kappa shape index (κ1) is 14.9. The smallest absolute Gasteiger partial charge is 0.407 e. The lowest BCUT2D eigenvalue weighted by molar-refractivity contribution is -0.133. The number of piperidine rings is 1. The first-order chi connectivity index (χ1) is 10.6. The highest BCUT2D eigenvalue weighted by Gasteiger charge is 2.32. The number of amides is 2. The highest BCUT2D eigenvalue weighted by Crippen LogP contribution is 2.26. The van der Waals surface area contributed by atoms with Crippen molar-refractivity contribution in [3.63, 3.8) is 0 Å². The van der Waals surface area contributed by atoms with Gasteiger partial charge in [0.15, 0.2) is 0 Å². The number of carbonyl (C=O) groups is 2. The predicted octanol–water partition coefficient (Wildman–Crippen LogP) is 2.49. The van der Waals surface area contributed by atoms with E-state index in [-0.39, 0.29) is 11.9 Å². The van der Waals surface area contributed by atoms with Gasteiger partial charge in [-0.3, -0.25) is 4.79 Å². The molecule has 1 aromatic rings. The Bertz CT molecular complexity index is 567. The van der Waals surface area contributed by atoms with Crippen LogP contribution in [0.2, 0.25) is 0 Å². The van der Waals surface area contributed by atoms with Gasteiger partial charge in [-0.05, 0) is 36.8 Å². The summed E-state index contributed by atoms with van der Waals surface area (Å²) < 4.78 is 0. The third-order valence-corrected chi connectivity index (χ3v) is 4.72. The molecule has 0 radical (unpaired) electrons. The first-order valence-corrected chi connectivity index (χ1v) is 7.99. The van der Waals surface area contributed by atoms with E-state index in [0.717, 1.165) is 37.1 Å². The number of rotatable bonds is 2. The predicted molar refractivity (Wildman–Crippen MR) is 82.5 cm³/mol. The Kier molecular flexibility index (Phi) is 4.32. The summed E-state index contributed by atoms with van der Waals surface area (Å²) in [7, 11) is 0. The highest BCUT2D eigenvalue weighted by molar-refractivity contribution is 5.78. The van der Waals surface area contributed by atoms with Gasteiger partial charge in [0.2, 0.25) is 5.91 Å². The van der Waals surface area contributed by atoms with E-state index in [0.29, 0.717) is 19.4 Å². The maximum Gasteiger partial charge on any atom is 0.407 e. The van der Waals surface area contributed by atoms with Gasteiger partial charge in [-0.25, -0.2) is 4.79 Å². The second-order valence-electron chi connectivity index (χ2n) is 6.18. The molecule has 0 bridgehead atoms. The lowest BCUT2D eigenvalue weighted by Crippen LogP contribution is -2.47. The Morgan fingerprint density at radius 1 is 1.09 bits per heavy atom. The molecule has 0 aromatic heterocycles. The maximum absolute atomic E-state index is 12.5. The second kappa shape index (κ2) is 6.38. The topological polar surface area (TPSA) is 60.9 Å². The van der Waals surface area contributed by atoms with E-state index in [2.05, 4.69) is 0 Å². The Morgan fingerprint density at radius 2 is 1.77 bits per heavy atom. The SMILES string of the molecule is O=C(C[C@@H]1Cc2ccccc2CN1C(=O)O)N1CCCCC1. The van der Waals surface area contributed by atoms with Gasteiger partial charge in [-0.15, -0.1) is 0 Å². The fourth-order valence-electron chi connectivity index (χ4n) is 3.47. The number of benzene rings is 1. The molecule has 0 spiro atoms. The van der Waals surface area contributed by atoms with Crippen molar-refractivity contribution in [3.05, 3.63) is 35.4 Å². The first-order valence-electron chi connectivity index (χ1n) is 7.99. The van der Waals surface area contributed by atoms with Crippen LogP contribution >= 0.6 is 0 Å². The number of carboxylic acid groups (broad SMARTS) is 1. The summed E-state index contributed by atoms with van der Waals surface area (Å²) in [6, 6.07) is 7.65. The highest BCUT2D eigenvalue weighted by atomic mass is 16.4. The van der Waals surface area contributed by atoms with Crippen molar-refractivity contribution in [2.75, 3.05) is 13.1 Å². The van der Waals surface area contributed by atoms with Gasteiger partial charge in [0.05, 0.1) is 0 Å². The minimum absolute atomic E-state index is 0.0929. The summed E-state index contributed by atoms with van der Waals surface area (Å²) >= 11 is 0. The van der Waals surface area contributed by atoms with E-state index >= 15 is 0 Å². The van der Waals surface area contributed by atoms with Crippen LogP contribution in [0.1, 0.15) is 36.8 Å². The van der Waals surface area contributed by atoms with Crippen LogP contribution in [-0.2, 0) is 17.8 Å². The fraction of sp³-hybridized carbons (Fsp3) is 0.529. The van der Waals surface area contributed by atoms with E-state index in [1.807, 2.05) is 29.2 Å². The average molecular weight is 302 g/mol. The van der Waals surface area contributed by atoms with E-state index < -0.39 is 6.09 Å². The normalized spacial score (nSPS) is 21.4. The molecule has 2 aliphatic rings. The van der Waals surface area contributed by atoms with Crippen LogP contribution < -0.4 is 0 Å². The van der Waals surface area contributed by atoms with Gasteiger partial charge in [-0.1, -0.05) is 24.3 Å². The number of carbonyl (C=O) groups excluding carboxylic acids is 1. The average Bonchev–Trinajstić information content (AvgIpc) is 2.54. The molecule has 2 amide bonds. The molecule has 1 atom stereocenters. The third kappa shape index (κ3) is 3.08. The van der Waals surface area contributed by atoms with Crippen LogP contribution in [0, 0.1) is 0 Å². The minimum Gasteiger partial charge on any atom is -0.465 e. The van der Waals surface area contributed by atoms with Gasteiger partial charge >= 0.3 is 6.09 Å². The number of hydrogen-bond acceptors (Lipinski definition) is 2. The lowest BCUT2D eigenvalue weighted by Gasteiger charge is -2.36. The molecular formula is C17H22N2O3. The van der Waals surface area contributed by atoms with Crippen LogP contribution in [0.25, 0.3) is 0 Å². The van der Waals surface area contributed by atoms with Crippen molar-refractivity contribution in [2.24, 2.45) is 0 Å². The minimum atomic E-state index is -0.939. The van der Waals surface area contributed by atoms with E-state index in [1.54, 1.807) is 0 Å². The van der Waals surface area contributed by atoms with Crippen molar-refractivity contribution in [3.8, 4) is 0 Å². The molecule has 5 nitrogen and oxygen atoms in total. The summed E-state index contributed by atoms with van der Waals surface area (Å²) in [5.41, 5.74) is 2.21. The van der Waals surface area contributed by atoms with Crippen LogP contribution in [0.3, 0.4) is 0 Å². The lowest BCUT2D eigenvalue weighted by atomic mass is 9.92. The molecule has 0 unspecified atom stereocenters. The van der Waals surface area contributed by atoms with Gasteiger partial charge in [0.1, 0.15) is 0 Å². The molecule has 0 saturated carbocycles. The number of fused-ring (bicyclic) bond motifs is 1. The standard InChI is InChI=1S/C17H22N2O3/c20-16(18-8-4-1-5-9-18)11-15-10-13-6-2-3-7-14(13)12-19(15)17(21)22/h2-3,6-7,15H,1,4-5,8-12H2,(H,21,22)/t15-/m0/s1. The van der Waals surface area contributed by atoms with Gasteiger partial charge in [-0.2, -0.15) is 0 Å². The maximum atomic E-state index is 12.5. The zero-order valence-electron chi connectivity index (χ0n) is 12.7. The van der Waals surface area contributed by atoms with Crippen molar-refractivity contribution < 1.29 is 14.7 Å². The molecule has 1 N–H and O–H groups in total. The van der Waals surface area contributed by atoms with E-state index in [9.17, 15) is 14.7 Å². The number of nitrogens with zero attached hydrogens (tertiary/aromatic N) is 2. The summed E-state index contributed by atoms with van der Waals surface area (Å²) in [5.74, 6) is 0.0929. The van der Waals surface area contributed by atoms with Crippen LogP contribution in [0.5, 0.6) is 0 Å². The molecule has 5 heteroatoms. The largest absolute Gasteiger partial charge is 0.465 e. The molecule has 2 heterocycles. The van der Waals surface area contributed by atoms with Crippen molar-refractivity contribution in [1.29, 1.82) is 0 Å². The monoisotopic (exact) mass is 302 g/mol. The van der Waals surface area contributed by atoms with Crippen LogP contribution in [-0.4, -0.2) is 46.0 Å². The Balaban J connectivity index is 1.73. The fourth-order valence-corrected chi connectivity index (χ4v) is 3.47. The molecule has 0 aliphatic carbocycles.